The van der Waals surface area contributed by atoms with Crippen LogP contribution in [0.4, 0.5) is 0 Å². The van der Waals surface area contributed by atoms with Crippen molar-refractivity contribution in [2.45, 2.75) is 25.7 Å². The van der Waals surface area contributed by atoms with Crippen LogP contribution in [-0.4, -0.2) is 27.6 Å². The molecule has 0 spiro atoms. The SMILES string of the molecule is CCOC(=O)c1c(OCC)oc(=NS(=O)(=O)c2ccc(C)cc2)c(-c2ccccc2)c1-c1ccccc1. The van der Waals surface area contributed by atoms with Gasteiger partial charge < -0.3 is 13.9 Å². The number of sulfonamides is 1. The first-order valence-electron chi connectivity index (χ1n) is 11.8. The van der Waals surface area contributed by atoms with Gasteiger partial charge >= 0.3 is 11.9 Å². The number of hydrogen-bond donors (Lipinski definition) is 0. The second-order valence-corrected chi connectivity index (χ2v) is 9.69. The molecule has 37 heavy (non-hydrogen) atoms. The molecule has 0 saturated carbocycles. The van der Waals surface area contributed by atoms with Gasteiger partial charge in [0, 0.05) is 5.56 Å². The van der Waals surface area contributed by atoms with E-state index in [2.05, 4.69) is 4.40 Å². The van der Waals surface area contributed by atoms with Crippen LogP contribution in [0.15, 0.2) is 98.6 Å². The number of esters is 1. The third-order valence-electron chi connectivity index (χ3n) is 5.51. The Hall–Kier alpha value is -4.17. The fraction of sp³-hybridized carbons (Fsp3) is 0.172. The van der Waals surface area contributed by atoms with Crippen molar-refractivity contribution in [1.82, 2.24) is 0 Å². The zero-order valence-electron chi connectivity index (χ0n) is 20.8. The maximum Gasteiger partial charge on any atom is 0.346 e. The van der Waals surface area contributed by atoms with Gasteiger partial charge in [-0.2, -0.15) is 8.42 Å². The second kappa shape index (κ2) is 11.3. The van der Waals surface area contributed by atoms with Gasteiger partial charge in [0.2, 0.25) is 5.55 Å². The monoisotopic (exact) mass is 517 g/mol. The van der Waals surface area contributed by atoms with E-state index in [0.717, 1.165) is 5.56 Å². The van der Waals surface area contributed by atoms with Gasteiger partial charge in [-0.3, -0.25) is 0 Å². The van der Waals surface area contributed by atoms with Crippen molar-refractivity contribution in [3.8, 4) is 28.2 Å². The number of nitrogens with zero attached hydrogens (tertiary/aromatic N) is 1. The minimum atomic E-state index is -4.18. The molecular weight excluding hydrogens is 490 g/mol. The highest BCUT2D eigenvalue weighted by Crippen LogP contribution is 2.38. The molecule has 4 rings (SSSR count). The van der Waals surface area contributed by atoms with Gasteiger partial charge in [-0.25, -0.2) is 4.79 Å². The highest BCUT2D eigenvalue weighted by molar-refractivity contribution is 7.90. The Kier molecular flexibility index (Phi) is 7.89. The third-order valence-corrected chi connectivity index (χ3v) is 6.78. The van der Waals surface area contributed by atoms with Crippen molar-refractivity contribution in [2.24, 2.45) is 4.40 Å². The number of aryl methyl sites for hydroxylation is 1. The van der Waals surface area contributed by atoms with Crippen molar-refractivity contribution >= 4 is 16.0 Å². The molecule has 0 unspecified atom stereocenters. The highest BCUT2D eigenvalue weighted by Gasteiger charge is 2.29. The summed E-state index contributed by atoms with van der Waals surface area (Å²) in [5.74, 6) is -0.823. The lowest BCUT2D eigenvalue weighted by atomic mass is 9.92. The molecule has 0 bridgehead atoms. The van der Waals surface area contributed by atoms with Gasteiger partial charge in [0.25, 0.3) is 10.0 Å². The molecule has 0 aliphatic rings. The Labute approximate surface area is 216 Å². The molecule has 0 fully saturated rings. The normalized spacial score (nSPS) is 11.8. The topological polar surface area (TPSA) is 95.2 Å². The fourth-order valence-electron chi connectivity index (χ4n) is 3.85. The van der Waals surface area contributed by atoms with Gasteiger partial charge in [-0.1, -0.05) is 78.4 Å². The lowest BCUT2D eigenvalue weighted by Gasteiger charge is -2.17. The summed E-state index contributed by atoms with van der Waals surface area (Å²) in [7, 11) is -4.18. The predicted molar refractivity (Wildman–Crippen MR) is 141 cm³/mol. The van der Waals surface area contributed by atoms with Crippen LogP contribution in [-0.2, 0) is 14.8 Å². The van der Waals surface area contributed by atoms with Crippen molar-refractivity contribution < 1.29 is 27.1 Å². The molecule has 0 amide bonds. The van der Waals surface area contributed by atoms with Crippen LogP contribution in [0.5, 0.6) is 5.95 Å². The molecule has 8 heteroatoms. The van der Waals surface area contributed by atoms with E-state index in [4.69, 9.17) is 13.9 Å². The van der Waals surface area contributed by atoms with Gasteiger partial charge in [0.1, 0.15) is 5.56 Å². The molecular formula is C29H27NO6S. The maximum atomic E-state index is 13.4. The van der Waals surface area contributed by atoms with E-state index in [1.165, 1.54) is 12.1 Å². The highest BCUT2D eigenvalue weighted by atomic mass is 32.2. The molecule has 0 atom stereocenters. The summed E-state index contributed by atoms with van der Waals surface area (Å²) in [6.07, 6.45) is 0. The van der Waals surface area contributed by atoms with E-state index >= 15 is 0 Å². The molecule has 0 N–H and O–H groups in total. The summed E-state index contributed by atoms with van der Waals surface area (Å²) in [6, 6.07) is 24.5. The van der Waals surface area contributed by atoms with E-state index in [0.29, 0.717) is 22.3 Å². The number of ether oxygens (including phenoxy) is 2. The summed E-state index contributed by atoms with van der Waals surface area (Å²) in [6.45, 7) is 5.60. The minimum absolute atomic E-state index is 0.0148. The summed E-state index contributed by atoms with van der Waals surface area (Å²) in [5.41, 5.74) is 2.74. The van der Waals surface area contributed by atoms with E-state index < -0.39 is 16.0 Å². The van der Waals surface area contributed by atoms with Crippen LogP contribution in [0, 0.1) is 6.92 Å². The Morgan fingerprint density at radius 1 is 0.811 bits per heavy atom. The number of carbonyl (C=O) groups excluding carboxylic acids is 1. The van der Waals surface area contributed by atoms with Crippen molar-refractivity contribution in [3.05, 3.63) is 102 Å². The Morgan fingerprint density at radius 2 is 1.38 bits per heavy atom. The average molecular weight is 518 g/mol. The quantitative estimate of drug-likeness (QED) is 0.275. The van der Waals surface area contributed by atoms with E-state index in [-0.39, 0.29) is 35.2 Å². The first-order chi connectivity index (χ1) is 17.9. The van der Waals surface area contributed by atoms with Crippen LogP contribution in [0.25, 0.3) is 22.3 Å². The summed E-state index contributed by atoms with van der Waals surface area (Å²) >= 11 is 0. The Balaban J connectivity index is 2.18. The van der Waals surface area contributed by atoms with Gasteiger partial charge in [-0.15, -0.1) is 4.40 Å². The average Bonchev–Trinajstić information content (AvgIpc) is 2.89. The number of rotatable bonds is 8. The van der Waals surface area contributed by atoms with E-state index in [9.17, 15) is 13.2 Å². The van der Waals surface area contributed by atoms with Crippen LogP contribution in [0.3, 0.4) is 0 Å². The largest absolute Gasteiger partial charge is 0.465 e. The third kappa shape index (κ3) is 5.65. The molecule has 1 aromatic heterocycles. The van der Waals surface area contributed by atoms with Gasteiger partial charge in [-0.05, 0) is 44.0 Å². The van der Waals surface area contributed by atoms with Gasteiger partial charge in [0.15, 0.2) is 0 Å². The zero-order valence-corrected chi connectivity index (χ0v) is 21.6. The van der Waals surface area contributed by atoms with E-state index in [1.54, 1.807) is 38.1 Å². The van der Waals surface area contributed by atoms with Crippen LogP contribution < -0.4 is 10.3 Å². The molecule has 0 aliphatic heterocycles. The Bertz CT molecular complexity index is 1560. The smallest absolute Gasteiger partial charge is 0.346 e. The van der Waals surface area contributed by atoms with Crippen molar-refractivity contribution in [1.29, 1.82) is 0 Å². The first-order valence-corrected chi connectivity index (χ1v) is 13.3. The van der Waals surface area contributed by atoms with Crippen LogP contribution in [0.1, 0.15) is 29.8 Å². The van der Waals surface area contributed by atoms with Crippen LogP contribution >= 0.6 is 0 Å². The zero-order chi connectivity index (χ0) is 26.4. The van der Waals surface area contributed by atoms with Gasteiger partial charge in [0.05, 0.1) is 23.7 Å². The molecule has 0 aliphatic carbocycles. The molecule has 4 aromatic rings. The summed E-state index contributed by atoms with van der Waals surface area (Å²) < 4.78 is 47.9. The molecule has 7 nitrogen and oxygen atoms in total. The van der Waals surface area contributed by atoms with Crippen molar-refractivity contribution in [3.63, 3.8) is 0 Å². The number of benzene rings is 3. The van der Waals surface area contributed by atoms with Crippen LogP contribution in [0.2, 0.25) is 0 Å². The lowest BCUT2D eigenvalue weighted by molar-refractivity contribution is 0.0515. The predicted octanol–water partition coefficient (Wildman–Crippen LogP) is 5.79. The Morgan fingerprint density at radius 3 is 1.92 bits per heavy atom. The number of carbonyl (C=O) groups is 1. The standard InChI is InChI=1S/C29H27NO6S/c1-4-34-28(31)26-24(21-12-8-6-9-13-21)25(22-14-10-7-11-15-22)27(36-29(26)35-5-2)30-37(32,33)23-18-16-20(3)17-19-23/h6-19H,4-5H2,1-3H3. The lowest BCUT2D eigenvalue weighted by Crippen LogP contribution is -2.18. The minimum Gasteiger partial charge on any atom is -0.465 e. The molecule has 1 heterocycles. The second-order valence-electron chi connectivity index (χ2n) is 8.08. The van der Waals surface area contributed by atoms with E-state index in [1.807, 2.05) is 55.5 Å². The first kappa shape index (κ1) is 25.9. The summed E-state index contributed by atoms with van der Waals surface area (Å²) in [4.78, 5) is 13.3. The summed E-state index contributed by atoms with van der Waals surface area (Å²) in [5, 5.41) is 0. The molecule has 0 radical (unpaired) electrons. The fourth-order valence-corrected chi connectivity index (χ4v) is 4.78. The maximum absolute atomic E-state index is 13.4. The number of hydrogen-bond acceptors (Lipinski definition) is 6. The van der Waals surface area contributed by atoms with Crippen molar-refractivity contribution in [2.75, 3.05) is 13.2 Å². The molecule has 3 aromatic carbocycles. The molecule has 0 saturated heterocycles. The molecule has 190 valence electrons.